The minimum atomic E-state index is -0.0989. The Hall–Kier alpha value is -1.88. The van der Waals surface area contributed by atoms with E-state index in [9.17, 15) is 9.59 Å². The SMILES string of the molecule is CCCN(CCC)C(=O)c1cccc(C(=O)NCCC2CCNC2)c1. The molecule has 1 aliphatic heterocycles. The van der Waals surface area contributed by atoms with E-state index in [1.165, 1.54) is 6.42 Å². The Morgan fingerprint density at radius 1 is 1.20 bits per heavy atom. The van der Waals surface area contributed by atoms with Gasteiger partial charge in [-0.2, -0.15) is 0 Å². The lowest BCUT2D eigenvalue weighted by Crippen LogP contribution is -2.33. The van der Waals surface area contributed by atoms with Gasteiger partial charge in [-0.3, -0.25) is 9.59 Å². The third-order valence-electron chi connectivity index (χ3n) is 4.65. The van der Waals surface area contributed by atoms with Crippen molar-refractivity contribution in [2.75, 3.05) is 32.7 Å². The summed E-state index contributed by atoms with van der Waals surface area (Å²) in [5, 5.41) is 6.32. The van der Waals surface area contributed by atoms with Crippen molar-refractivity contribution in [3.8, 4) is 0 Å². The minimum absolute atomic E-state index is 0.00961. The fourth-order valence-electron chi connectivity index (χ4n) is 3.28. The molecule has 0 aromatic heterocycles. The Morgan fingerprint density at radius 3 is 2.56 bits per heavy atom. The Labute approximate surface area is 151 Å². The average Bonchev–Trinajstić information content (AvgIpc) is 3.14. The monoisotopic (exact) mass is 345 g/mol. The summed E-state index contributed by atoms with van der Waals surface area (Å²) in [4.78, 5) is 26.9. The smallest absolute Gasteiger partial charge is 0.253 e. The lowest BCUT2D eigenvalue weighted by molar-refractivity contribution is 0.0755. The fourth-order valence-corrected chi connectivity index (χ4v) is 3.28. The van der Waals surface area contributed by atoms with E-state index < -0.39 is 0 Å². The molecule has 2 N–H and O–H groups in total. The predicted molar refractivity (Wildman–Crippen MR) is 101 cm³/mol. The second-order valence-corrected chi connectivity index (χ2v) is 6.78. The maximum Gasteiger partial charge on any atom is 0.253 e. The van der Waals surface area contributed by atoms with Gasteiger partial charge in [0.1, 0.15) is 0 Å². The van der Waals surface area contributed by atoms with E-state index in [1.54, 1.807) is 24.3 Å². The summed E-state index contributed by atoms with van der Waals surface area (Å²) in [5.74, 6) is 0.568. The van der Waals surface area contributed by atoms with Crippen molar-refractivity contribution in [3.05, 3.63) is 35.4 Å². The van der Waals surface area contributed by atoms with Crippen LogP contribution in [0.3, 0.4) is 0 Å². The van der Waals surface area contributed by atoms with Crippen LogP contribution in [0, 0.1) is 5.92 Å². The van der Waals surface area contributed by atoms with Crippen molar-refractivity contribution in [1.29, 1.82) is 0 Å². The van der Waals surface area contributed by atoms with E-state index in [0.717, 1.165) is 45.4 Å². The number of hydrogen-bond acceptors (Lipinski definition) is 3. The molecule has 1 unspecified atom stereocenters. The fraction of sp³-hybridized carbons (Fsp3) is 0.600. The quantitative estimate of drug-likeness (QED) is 0.723. The molecule has 5 nitrogen and oxygen atoms in total. The summed E-state index contributed by atoms with van der Waals surface area (Å²) in [7, 11) is 0. The minimum Gasteiger partial charge on any atom is -0.352 e. The maximum absolute atomic E-state index is 12.7. The third kappa shape index (κ3) is 5.85. The molecule has 2 rings (SSSR count). The highest BCUT2D eigenvalue weighted by Gasteiger charge is 2.17. The van der Waals surface area contributed by atoms with Gasteiger partial charge < -0.3 is 15.5 Å². The first kappa shape index (κ1) is 19.4. The van der Waals surface area contributed by atoms with Gasteiger partial charge in [0.05, 0.1) is 0 Å². The Kier molecular flexibility index (Phi) is 7.92. The zero-order valence-corrected chi connectivity index (χ0v) is 15.5. The highest BCUT2D eigenvalue weighted by Crippen LogP contribution is 2.12. The molecule has 0 spiro atoms. The number of carbonyl (C=O) groups excluding carboxylic acids is 2. The van der Waals surface area contributed by atoms with Crippen LogP contribution in [0.15, 0.2) is 24.3 Å². The molecule has 1 fully saturated rings. The molecule has 1 saturated heterocycles. The molecule has 1 atom stereocenters. The summed E-state index contributed by atoms with van der Waals surface area (Å²) < 4.78 is 0. The molecule has 1 aliphatic rings. The number of rotatable bonds is 9. The van der Waals surface area contributed by atoms with Crippen LogP contribution in [0.5, 0.6) is 0 Å². The number of nitrogens with zero attached hydrogens (tertiary/aromatic N) is 1. The van der Waals surface area contributed by atoms with Crippen molar-refractivity contribution >= 4 is 11.8 Å². The van der Waals surface area contributed by atoms with E-state index in [-0.39, 0.29) is 11.8 Å². The second-order valence-electron chi connectivity index (χ2n) is 6.78. The van der Waals surface area contributed by atoms with Crippen molar-refractivity contribution in [2.24, 2.45) is 5.92 Å². The first-order valence-corrected chi connectivity index (χ1v) is 9.54. The van der Waals surface area contributed by atoms with Gasteiger partial charge in [-0.25, -0.2) is 0 Å². The van der Waals surface area contributed by atoms with Gasteiger partial charge in [0.25, 0.3) is 11.8 Å². The van der Waals surface area contributed by atoms with E-state index >= 15 is 0 Å². The highest BCUT2D eigenvalue weighted by atomic mass is 16.2. The van der Waals surface area contributed by atoms with E-state index in [2.05, 4.69) is 24.5 Å². The normalized spacial score (nSPS) is 16.6. The summed E-state index contributed by atoms with van der Waals surface area (Å²) >= 11 is 0. The van der Waals surface area contributed by atoms with Gasteiger partial charge in [-0.1, -0.05) is 19.9 Å². The zero-order chi connectivity index (χ0) is 18.1. The molecule has 5 heteroatoms. The Balaban J connectivity index is 1.94. The molecule has 0 radical (unpaired) electrons. The average molecular weight is 345 g/mol. The van der Waals surface area contributed by atoms with Gasteiger partial charge in [-0.15, -0.1) is 0 Å². The number of carbonyl (C=O) groups is 2. The number of amides is 2. The number of nitrogens with one attached hydrogen (secondary N) is 2. The number of benzene rings is 1. The summed E-state index contributed by atoms with van der Waals surface area (Å²) in [6.45, 7) is 8.44. The Bertz CT molecular complexity index is 562. The van der Waals surface area contributed by atoms with Gasteiger partial charge in [0, 0.05) is 30.8 Å². The molecule has 25 heavy (non-hydrogen) atoms. The van der Waals surface area contributed by atoms with Crippen molar-refractivity contribution in [1.82, 2.24) is 15.5 Å². The van der Waals surface area contributed by atoms with E-state index in [1.807, 2.05) is 4.90 Å². The summed E-state index contributed by atoms with van der Waals surface area (Å²) in [5.41, 5.74) is 1.15. The molecule has 1 heterocycles. The van der Waals surface area contributed by atoms with Crippen LogP contribution in [-0.2, 0) is 0 Å². The molecule has 138 valence electrons. The van der Waals surface area contributed by atoms with Crippen molar-refractivity contribution < 1.29 is 9.59 Å². The molecule has 0 bridgehead atoms. The second kappa shape index (κ2) is 10.2. The van der Waals surface area contributed by atoms with Crippen LogP contribution in [0.25, 0.3) is 0 Å². The van der Waals surface area contributed by atoms with E-state index in [4.69, 9.17) is 0 Å². The first-order chi connectivity index (χ1) is 12.2. The van der Waals surface area contributed by atoms with Gasteiger partial charge in [0.15, 0.2) is 0 Å². The standard InChI is InChI=1S/C20H31N3O2/c1-3-12-23(13-4-2)20(25)18-7-5-6-17(14-18)19(24)22-11-9-16-8-10-21-15-16/h5-7,14,16,21H,3-4,8-13,15H2,1-2H3,(H,22,24). The molecular weight excluding hydrogens is 314 g/mol. The summed E-state index contributed by atoms with van der Waals surface area (Å²) in [6.07, 6.45) is 4.05. The van der Waals surface area contributed by atoms with Crippen LogP contribution >= 0.6 is 0 Å². The van der Waals surface area contributed by atoms with Crippen molar-refractivity contribution in [2.45, 2.75) is 39.5 Å². The molecule has 1 aromatic carbocycles. The number of hydrogen-bond donors (Lipinski definition) is 2. The lowest BCUT2D eigenvalue weighted by atomic mass is 10.0. The summed E-state index contributed by atoms with van der Waals surface area (Å²) in [6, 6.07) is 7.07. The maximum atomic E-state index is 12.7. The van der Waals surface area contributed by atoms with Gasteiger partial charge in [-0.05, 0) is 62.9 Å². The largest absolute Gasteiger partial charge is 0.352 e. The third-order valence-corrected chi connectivity index (χ3v) is 4.65. The van der Waals surface area contributed by atoms with Gasteiger partial charge in [0.2, 0.25) is 0 Å². The van der Waals surface area contributed by atoms with Crippen LogP contribution in [0.1, 0.15) is 60.2 Å². The predicted octanol–water partition coefficient (Wildman–Crippen LogP) is 2.68. The van der Waals surface area contributed by atoms with Crippen molar-refractivity contribution in [3.63, 3.8) is 0 Å². The van der Waals surface area contributed by atoms with Crippen LogP contribution in [0.4, 0.5) is 0 Å². The van der Waals surface area contributed by atoms with E-state index in [0.29, 0.717) is 23.6 Å². The molecule has 0 saturated carbocycles. The molecule has 2 amide bonds. The molecule has 0 aliphatic carbocycles. The zero-order valence-electron chi connectivity index (χ0n) is 15.5. The molecular formula is C20H31N3O2. The molecule has 1 aromatic rings. The van der Waals surface area contributed by atoms with Crippen LogP contribution in [0.2, 0.25) is 0 Å². The van der Waals surface area contributed by atoms with Crippen LogP contribution < -0.4 is 10.6 Å². The van der Waals surface area contributed by atoms with Crippen LogP contribution in [-0.4, -0.2) is 49.4 Å². The lowest BCUT2D eigenvalue weighted by Gasteiger charge is -2.21. The Morgan fingerprint density at radius 2 is 1.92 bits per heavy atom. The topological polar surface area (TPSA) is 61.4 Å². The van der Waals surface area contributed by atoms with Gasteiger partial charge >= 0.3 is 0 Å². The first-order valence-electron chi connectivity index (χ1n) is 9.54. The highest BCUT2D eigenvalue weighted by molar-refractivity contribution is 5.99.